The molecule has 77 heavy (non-hydrogen) atoms. The van der Waals surface area contributed by atoms with Gasteiger partial charge in [0.05, 0.1) is 42.4 Å². The fourth-order valence-electron chi connectivity index (χ4n) is 14.7. The van der Waals surface area contributed by atoms with Gasteiger partial charge in [0.15, 0.2) is 11.6 Å². The van der Waals surface area contributed by atoms with E-state index >= 15 is 0 Å². The van der Waals surface area contributed by atoms with Crippen molar-refractivity contribution < 1.29 is 58.9 Å². The average molecular weight is 1080 g/mol. The molecule has 0 bridgehead atoms. The molecule has 432 valence electrons. The summed E-state index contributed by atoms with van der Waals surface area (Å²) in [6.45, 7) is 25.7. The van der Waals surface area contributed by atoms with Crippen LogP contribution in [-0.4, -0.2) is 155 Å². The molecule has 18 heteroatoms. The van der Waals surface area contributed by atoms with Crippen LogP contribution in [0.5, 0.6) is 5.75 Å². The second-order valence-corrected chi connectivity index (χ2v) is 24.1. The van der Waals surface area contributed by atoms with Gasteiger partial charge in [0.25, 0.3) is 0 Å². The fraction of sp³-hybridized carbons (Fsp3) is 0.729. The van der Waals surface area contributed by atoms with Crippen LogP contribution < -0.4 is 25.7 Å². The van der Waals surface area contributed by atoms with Gasteiger partial charge in [0.2, 0.25) is 5.43 Å². The number of nitrogens with zero attached hydrogens (tertiary/aromatic N) is 3. The largest absolute Gasteiger partial charge is 0.487 e. The summed E-state index contributed by atoms with van der Waals surface area (Å²) in [5.74, 6) is -2.45. The third-order valence-corrected chi connectivity index (χ3v) is 19.2. The second-order valence-electron chi connectivity index (χ2n) is 24.1. The van der Waals surface area contributed by atoms with Crippen LogP contribution in [0.1, 0.15) is 150 Å². The van der Waals surface area contributed by atoms with Crippen LogP contribution in [0.25, 0.3) is 10.9 Å². The summed E-state index contributed by atoms with van der Waals surface area (Å²) in [5.41, 5.74) is 1.35. The molecule has 5 fully saturated rings. The molecule has 0 spiro atoms. The zero-order valence-corrected chi connectivity index (χ0v) is 47.8. The standard InChI is InChI=1S/C31H48O6.C18H20FN3O4.C10H24N2O2/c1-17(2)9-8-10-20(28(35)36)26-22-15-24(34)27-29(5)13-12-23(33)18(3)21(29)11-14-30(27,6)31(22,7)16-25(26)37-19(4)32;1-10-9-26-17-14-11(16(23)12(18(24)25)8-22(10)14)7-13(19)15(17)21-5-3-20(2)4-6-21;1-3-9(7-13)11-5-6-12-10(4-2)8-14/h9,18,21-25,27,33-34H,8,10-16H2,1-7H3,(H,35,36);7-8,10H,3-6,9H2,1-2H3,(H,24,25);9-14H,3-8H2,1-2H3/b26-20-;;/t18-,21-,22-,23+,24+,25-,27-,29-,30-,31-;;9-,10-/m0.0/s1. The number of hydrogen-bond donors (Lipinski definition) is 8. The number of piperazine rings is 1. The number of esters is 1. The molecule has 2 aromatic rings. The first-order valence-electron chi connectivity index (χ1n) is 28.4. The highest BCUT2D eigenvalue weighted by atomic mass is 19.1. The van der Waals surface area contributed by atoms with E-state index in [-0.39, 0.29) is 89.0 Å². The lowest BCUT2D eigenvalue weighted by molar-refractivity contribution is -0.234. The quantitative estimate of drug-likeness (QED) is 0.0368. The Balaban J connectivity index is 0.000000208. The molecule has 1 aromatic heterocycles. The summed E-state index contributed by atoms with van der Waals surface area (Å²) in [6.07, 6.45) is 9.44. The summed E-state index contributed by atoms with van der Waals surface area (Å²) in [4.78, 5) is 52.9. The van der Waals surface area contributed by atoms with Crippen LogP contribution in [0, 0.1) is 45.7 Å². The van der Waals surface area contributed by atoms with Crippen LogP contribution >= 0.6 is 0 Å². The maximum absolute atomic E-state index is 15.0. The number of aliphatic carboxylic acids is 1. The Kier molecular flexibility index (Phi) is 20.7. The Labute approximate surface area is 455 Å². The summed E-state index contributed by atoms with van der Waals surface area (Å²) in [6, 6.07) is 1.39. The molecule has 17 nitrogen and oxygen atoms in total. The molecular weight excluding hydrogens is 990 g/mol. The van der Waals surface area contributed by atoms with Gasteiger partial charge in [-0.2, -0.15) is 0 Å². The Morgan fingerprint density at radius 3 is 2.09 bits per heavy atom. The van der Waals surface area contributed by atoms with Gasteiger partial charge in [-0.1, -0.05) is 53.2 Å². The van der Waals surface area contributed by atoms with Crippen molar-refractivity contribution in [1.29, 1.82) is 0 Å². The predicted molar refractivity (Wildman–Crippen MR) is 296 cm³/mol. The van der Waals surface area contributed by atoms with Crippen molar-refractivity contribution in [2.24, 2.45) is 39.9 Å². The predicted octanol–water partition coefficient (Wildman–Crippen LogP) is 6.92. The average Bonchev–Trinajstić information content (AvgIpc) is 3.65. The molecule has 6 aliphatic rings. The first-order valence-corrected chi connectivity index (χ1v) is 28.4. The highest BCUT2D eigenvalue weighted by molar-refractivity contribution is 5.97. The first-order chi connectivity index (χ1) is 36.3. The van der Waals surface area contributed by atoms with Gasteiger partial charge >= 0.3 is 17.9 Å². The van der Waals surface area contributed by atoms with Gasteiger partial charge in [-0.25, -0.2) is 14.0 Å². The molecule has 2 aliphatic heterocycles. The van der Waals surface area contributed by atoms with Gasteiger partial charge in [0, 0.05) is 70.0 Å². The number of anilines is 1. The SMILES string of the molecule is CC(=O)O[C@H]1C[C@@]2(C)[C@@H](C[C@@H](O)[C@H]3[C@@]4(C)CC[C@@H](O)[C@@H](C)[C@@H]4CC[C@@]32C)/C1=C(\CCC=C(C)C)C(=O)O.CC1COc2c(N3CCN(C)CC3)c(F)cc3c(=O)c(C(=O)O)cn1c23.CC[C@@H](CO)NCCN[C@@H](CC)CO. The number of aromatic nitrogens is 1. The maximum atomic E-state index is 15.0. The van der Waals surface area contributed by atoms with Crippen molar-refractivity contribution in [3.8, 4) is 5.75 Å². The van der Waals surface area contributed by atoms with Crippen molar-refractivity contribution in [2.45, 2.75) is 170 Å². The van der Waals surface area contributed by atoms with Gasteiger partial charge in [0.1, 0.15) is 24.0 Å². The molecular formula is C59H92FN5O12. The number of carbonyl (C=O) groups excluding carboxylic acids is 1. The van der Waals surface area contributed by atoms with E-state index < -0.39 is 41.4 Å². The first kappa shape index (κ1) is 61.8. The van der Waals surface area contributed by atoms with E-state index in [0.29, 0.717) is 67.2 Å². The summed E-state index contributed by atoms with van der Waals surface area (Å²) in [7, 11) is 2.02. The number of aromatic carboxylic acids is 1. The summed E-state index contributed by atoms with van der Waals surface area (Å²) >= 11 is 0. The van der Waals surface area contributed by atoms with Gasteiger partial charge in [-0.15, -0.1) is 0 Å². The number of halogens is 1. The van der Waals surface area contributed by atoms with Crippen molar-refractivity contribution in [3.63, 3.8) is 0 Å². The number of carboxylic acid groups (broad SMARTS) is 2. The molecule has 8 N–H and O–H groups in total. The molecule has 1 aromatic carbocycles. The minimum Gasteiger partial charge on any atom is -0.487 e. The molecule has 0 amide bonds. The molecule has 3 heterocycles. The van der Waals surface area contributed by atoms with Gasteiger partial charge < -0.3 is 65.1 Å². The lowest BCUT2D eigenvalue weighted by Crippen LogP contribution is -2.65. The summed E-state index contributed by atoms with van der Waals surface area (Å²) in [5, 5.41) is 66.5. The van der Waals surface area contributed by atoms with E-state index in [0.717, 1.165) is 81.9 Å². The van der Waals surface area contributed by atoms with E-state index in [1.54, 1.807) is 4.57 Å². The molecule has 4 saturated carbocycles. The van der Waals surface area contributed by atoms with E-state index in [9.17, 15) is 44.0 Å². The number of carbonyl (C=O) groups is 3. The Bertz CT molecular complexity index is 2520. The monoisotopic (exact) mass is 1080 g/mol. The van der Waals surface area contributed by atoms with Crippen LogP contribution in [-0.2, 0) is 14.3 Å². The van der Waals surface area contributed by atoms with Crippen molar-refractivity contribution in [3.05, 3.63) is 56.7 Å². The molecule has 1 saturated heterocycles. The van der Waals surface area contributed by atoms with E-state index in [1.165, 1.54) is 13.1 Å². The number of aliphatic hydroxyl groups excluding tert-OH is 4. The maximum Gasteiger partial charge on any atom is 0.341 e. The number of ether oxygens (including phenoxy) is 2. The number of carboxylic acids is 2. The fourth-order valence-corrected chi connectivity index (χ4v) is 14.7. The topological polar surface area (TPSA) is 244 Å². The van der Waals surface area contributed by atoms with E-state index in [2.05, 4.69) is 43.2 Å². The summed E-state index contributed by atoms with van der Waals surface area (Å²) < 4.78 is 28.4. The van der Waals surface area contributed by atoms with Crippen molar-refractivity contribution in [2.75, 3.05) is 71.0 Å². The Hall–Kier alpha value is -4.43. The Morgan fingerprint density at radius 1 is 0.922 bits per heavy atom. The molecule has 8 rings (SSSR count). The molecule has 13 atom stereocenters. The number of aliphatic hydroxyl groups is 4. The normalized spacial score (nSPS) is 31.9. The highest BCUT2D eigenvalue weighted by Crippen LogP contribution is 2.74. The lowest BCUT2D eigenvalue weighted by Gasteiger charge is -2.69. The number of pyridine rings is 1. The van der Waals surface area contributed by atoms with Gasteiger partial charge in [-0.05, 0) is 144 Å². The van der Waals surface area contributed by atoms with Crippen LogP contribution in [0.3, 0.4) is 0 Å². The smallest absolute Gasteiger partial charge is 0.341 e. The van der Waals surface area contributed by atoms with Gasteiger partial charge in [-0.3, -0.25) is 9.59 Å². The number of allylic oxidation sites excluding steroid dienone is 2. The number of likely N-dealkylation sites (N-methyl/N-ethyl adjacent to an activating group) is 1. The highest BCUT2D eigenvalue weighted by Gasteiger charge is 2.71. The van der Waals surface area contributed by atoms with Crippen molar-refractivity contribution >= 4 is 34.5 Å². The van der Waals surface area contributed by atoms with Crippen LogP contribution in [0.2, 0.25) is 0 Å². The number of fused-ring (bicyclic) bond motifs is 5. The number of rotatable bonds is 16. The van der Waals surface area contributed by atoms with Crippen LogP contribution in [0.15, 0.2) is 39.9 Å². The minimum absolute atomic E-state index is 0.0434. The van der Waals surface area contributed by atoms with Crippen molar-refractivity contribution in [1.82, 2.24) is 20.1 Å². The second kappa shape index (κ2) is 25.8. The third kappa shape index (κ3) is 12.6. The Morgan fingerprint density at radius 2 is 1.55 bits per heavy atom. The lowest BCUT2D eigenvalue weighted by atomic mass is 9.36. The zero-order valence-electron chi connectivity index (χ0n) is 47.8. The molecule has 4 aliphatic carbocycles. The van der Waals surface area contributed by atoms with Crippen LogP contribution in [0.4, 0.5) is 10.1 Å². The van der Waals surface area contributed by atoms with E-state index in [4.69, 9.17) is 19.7 Å². The third-order valence-electron chi connectivity index (χ3n) is 19.2. The number of hydrogen-bond acceptors (Lipinski definition) is 14. The minimum atomic E-state index is -1.32. The van der Waals surface area contributed by atoms with E-state index in [1.807, 2.05) is 52.6 Å². The molecule has 1 unspecified atom stereocenters. The number of benzene rings is 1. The zero-order chi connectivity index (χ0) is 56.9. The molecule has 0 radical (unpaired) electrons. The number of nitrogens with one attached hydrogen (secondary N) is 2.